The lowest BCUT2D eigenvalue weighted by Crippen LogP contribution is -1.98. The highest BCUT2D eigenvalue weighted by Gasteiger charge is 2.13. The number of hydrogen-bond donors (Lipinski definition) is 1. The van der Waals surface area contributed by atoms with Crippen molar-refractivity contribution >= 4 is 5.69 Å². The maximum atomic E-state index is 13.7. The summed E-state index contributed by atoms with van der Waals surface area (Å²) < 4.78 is 45.0. The molecule has 0 aliphatic heterocycles. The van der Waals surface area contributed by atoms with Gasteiger partial charge in [-0.2, -0.15) is 0 Å². The van der Waals surface area contributed by atoms with Gasteiger partial charge in [0.05, 0.1) is 0 Å². The standard InChI is InChI=1S/C13H10F3NO/c1-7-3-2-4-10(12(7)16)18-11-6-8(14)5-9(15)13(11)17/h2-6H,17H2,1H3. The van der Waals surface area contributed by atoms with E-state index in [1.165, 1.54) is 6.07 Å². The van der Waals surface area contributed by atoms with Gasteiger partial charge in [0.1, 0.15) is 11.5 Å². The first kappa shape index (κ1) is 12.3. The predicted octanol–water partition coefficient (Wildman–Crippen LogP) is 3.79. The van der Waals surface area contributed by atoms with Crippen molar-refractivity contribution in [1.29, 1.82) is 0 Å². The summed E-state index contributed by atoms with van der Waals surface area (Å²) in [5, 5.41) is 0. The molecule has 0 heterocycles. The fourth-order valence-corrected chi connectivity index (χ4v) is 1.46. The molecule has 0 saturated heterocycles. The Bertz CT molecular complexity index is 599. The fourth-order valence-electron chi connectivity index (χ4n) is 1.46. The van der Waals surface area contributed by atoms with E-state index >= 15 is 0 Å². The van der Waals surface area contributed by atoms with Crippen LogP contribution in [0.2, 0.25) is 0 Å². The quantitative estimate of drug-likeness (QED) is 0.826. The second kappa shape index (κ2) is 4.60. The average molecular weight is 253 g/mol. The molecule has 0 saturated carbocycles. The number of aryl methyl sites for hydroxylation is 1. The lowest BCUT2D eigenvalue weighted by molar-refractivity contribution is 0.434. The first-order valence-electron chi connectivity index (χ1n) is 5.16. The first-order valence-corrected chi connectivity index (χ1v) is 5.16. The van der Waals surface area contributed by atoms with Crippen molar-refractivity contribution in [2.24, 2.45) is 0 Å². The molecule has 0 aliphatic rings. The Morgan fingerprint density at radius 3 is 2.50 bits per heavy atom. The van der Waals surface area contributed by atoms with Crippen molar-refractivity contribution in [1.82, 2.24) is 0 Å². The molecule has 0 radical (unpaired) electrons. The van der Waals surface area contributed by atoms with Gasteiger partial charge in [0.2, 0.25) is 0 Å². The van der Waals surface area contributed by atoms with Crippen LogP contribution in [-0.2, 0) is 0 Å². The average Bonchev–Trinajstić information content (AvgIpc) is 2.31. The van der Waals surface area contributed by atoms with E-state index in [9.17, 15) is 13.2 Å². The third-order valence-electron chi connectivity index (χ3n) is 2.43. The molecule has 0 amide bonds. The third-order valence-corrected chi connectivity index (χ3v) is 2.43. The monoisotopic (exact) mass is 253 g/mol. The molecule has 0 aliphatic carbocycles. The fraction of sp³-hybridized carbons (Fsp3) is 0.0769. The van der Waals surface area contributed by atoms with Gasteiger partial charge in [-0.25, -0.2) is 13.2 Å². The second-order valence-electron chi connectivity index (χ2n) is 3.79. The number of hydrogen-bond acceptors (Lipinski definition) is 2. The van der Waals surface area contributed by atoms with Gasteiger partial charge in [0.25, 0.3) is 0 Å². The number of halogens is 3. The lowest BCUT2D eigenvalue weighted by Gasteiger charge is -2.10. The van der Waals surface area contributed by atoms with Crippen molar-refractivity contribution in [3.8, 4) is 11.5 Å². The minimum atomic E-state index is -0.946. The van der Waals surface area contributed by atoms with Crippen LogP contribution in [0.15, 0.2) is 30.3 Å². The van der Waals surface area contributed by atoms with Gasteiger partial charge in [-0.15, -0.1) is 0 Å². The first-order chi connectivity index (χ1) is 8.49. The molecule has 0 atom stereocenters. The molecule has 18 heavy (non-hydrogen) atoms. The number of nitrogens with two attached hydrogens (primary N) is 1. The number of nitrogen functional groups attached to an aromatic ring is 1. The molecule has 2 nitrogen and oxygen atoms in total. The molecular formula is C13H10F3NO. The Kier molecular flexibility index (Phi) is 3.14. The van der Waals surface area contributed by atoms with Gasteiger partial charge < -0.3 is 10.5 Å². The van der Waals surface area contributed by atoms with Crippen LogP contribution in [0.5, 0.6) is 11.5 Å². The Balaban J connectivity index is 2.43. The summed E-state index contributed by atoms with van der Waals surface area (Å²) in [5.74, 6) is -2.77. The molecule has 2 rings (SSSR count). The molecule has 94 valence electrons. The summed E-state index contributed by atoms with van der Waals surface area (Å²) in [5.41, 5.74) is 5.40. The van der Waals surface area contributed by atoms with Crippen LogP contribution in [0.3, 0.4) is 0 Å². The molecule has 0 spiro atoms. The van der Waals surface area contributed by atoms with E-state index in [2.05, 4.69) is 0 Å². The van der Waals surface area contributed by atoms with Crippen molar-refractivity contribution in [3.63, 3.8) is 0 Å². The highest BCUT2D eigenvalue weighted by atomic mass is 19.1. The van der Waals surface area contributed by atoms with E-state index in [1.54, 1.807) is 19.1 Å². The minimum absolute atomic E-state index is 0.133. The van der Waals surface area contributed by atoms with Crippen molar-refractivity contribution in [3.05, 3.63) is 53.3 Å². The maximum absolute atomic E-state index is 13.7. The summed E-state index contributed by atoms with van der Waals surface area (Å²) in [6, 6.07) is 6.01. The normalized spacial score (nSPS) is 10.4. The van der Waals surface area contributed by atoms with E-state index in [-0.39, 0.29) is 17.2 Å². The van der Waals surface area contributed by atoms with Gasteiger partial charge >= 0.3 is 0 Å². The third kappa shape index (κ3) is 2.25. The molecule has 2 aromatic carbocycles. The van der Waals surface area contributed by atoms with Crippen molar-refractivity contribution in [2.75, 3.05) is 5.73 Å². The molecule has 0 aromatic heterocycles. The Hall–Kier alpha value is -2.17. The van der Waals surface area contributed by atoms with Gasteiger partial charge in [-0.1, -0.05) is 12.1 Å². The van der Waals surface area contributed by atoms with Gasteiger partial charge in [-0.3, -0.25) is 0 Å². The largest absolute Gasteiger partial charge is 0.452 e. The minimum Gasteiger partial charge on any atom is -0.452 e. The second-order valence-corrected chi connectivity index (χ2v) is 3.79. The predicted molar refractivity (Wildman–Crippen MR) is 62.0 cm³/mol. The molecule has 2 N–H and O–H groups in total. The van der Waals surface area contributed by atoms with Crippen molar-refractivity contribution in [2.45, 2.75) is 6.92 Å². The van der Waals surface area contributed by atoms with E-state index in [0.29, 0.717) is 11.6 Å². The zero-order chi connectivity index (χ0) is 13.3. The van der Waals surface area contributed by atoms with Crippen LogP contribution in [0, 0.1) is 24.4 Å². The van der Waals surface area contributed by atoms with E-state index in [1.807, 2.05) is 0 Å². The highest BCUT2D eigenvalue weighted by Crippen LogP contribution is 2.32. The van der Waals surface area contributed by atoms with Crippen molar-refractivity contribution < 1.29 is 17.9 Å². The number of benzene rings is 2. The van der Waals surface area contributed by atoms with Crippen LogP contribution < -0.4 is 10.5 Å². The van der Waals surface area contributed by atoms with Gasteiger partial charge in [-0.05, 0) is 18.6 Å². The van der Waals surface area contributed by atoms with Crippen LogP contribution in [0.1, 0.15) is 5.56 Å². The SMILES string of the molecule is Cc1cccc(Oc2cc(F)cc(F)c2N)c1F. The Morgan fingerprint density at radius 2 is 1.78 bits per heavy atom. The van der Waals surface area contributed by atoms with Crippen LogP contribution in [0.25, 0.3) is 0 Å². The molecule has 0 bridgehead atoms. The van der Waals surface area contributed by atoms with Gasteiger partial charge in [0, 0.05) is 12.1 Å². The van der Waals surface area contributed by atoms with Crippen LogP contribution in [-0.4, -0.2) is 0 Å². The summed E-state index contributed by atoms with van der Waals surface area (Å²) in [7, 11) is 0. The molecule has 0 unspecified atom stereocenters. The summed E-state index contributed by atoms with van der Waals surface area (Å²) in [6.45, 7) is 1.55. The highest BCUT2D eigenvalue weighted by molar-refractivity contribution is 5.55. The van der Waals surface area contributed by atoms with E-state index in [4.69, 9.17) is 10.5 Å². The molecular weight excluding hydrogens is 243 g/mol. The topological polar surface area (TPSA) is 35.2 Å². The summed E-state index contributed by atoms with van der Waals surface area (Å²) in [6.07, 6.45) is 0. The number of anilines is 1. The Labute approximate surface area is 102 Å². The van der Waals surface area contributed by atoms with E-state index in [0.717, 1.165) is 6.07 Å². The lowest BCUT2D eigenvalue weighted by atomic mass is 10.2. The molecule has 0 fully saturated rings. The summed E-state index contributed by atoms with van der Waals surface area (Å²) >= 11 is 0. The number of ether oxygens (including phenoxy) is 1. The smallest absolute Gasteiger partial charge is 0.168 e. The Morgan fingerprint density at radius 1 is 1.06 bits per heavy atom. The van der Waals surface area contributed by atoms with Gasteiger partial charge in [0.15, 0.2) is 23.1 Å². The zero-order valence-corrected chi connectivity index (χ0v) is 9.51. The van der Waals surface area contributed by atoms with E-state index < -0.39 is 17.5 Å². The number of rotatable bonds is 2. The zero-order valence-electron chi connectivity index (χ0n) is 9.51. The van der Waals surface area contributed by atoms with Crippen LogP contribution in [0.4, 0.5) is 18.9 Å². The molecule has 2 aromatic rings. The molecule has 5 heteroatoms. The maximum Gasteiger partial charge on any atom is 0.168 e. The summed E-state index contributed by atoms with van der Waals surface area (Å²) in [4.78, 5) is 0. The van der Waals surface area contributed by atoms with Crippen LogP contribution >= 0.6 is 0 Å².